The van der Waals surface area contributed by atoms with Crippen LogP contribution in [-0.2, 0) is 4.79 Å². The van der Waals surface area contributed by atoms with E-state index >= 15 is 0 Å². The maximum atomic E-state index is 11.4. The summed E-state index contributed by atoms with van der Waals surface area (Å²) in [7, 11) is 0. The minimum Gasteiger partial charge on any atom is -0.480 e. The zero-order valence-electron chi connectivity index (χ0n) is 7.44. The van der Waals surface area contributed by atoms with Crippen LogP contribution in [0, 0.1) is 0 Å². The summed E-state index contributed by atoms with van der Waals surface area (Å²) in [5.74, 6) is -1.77. The number of aliphatic carboxylic acids is 1. The average molecular weight is 294 g/mol. The Morgan fingerprint density at radius 1 is 1.53 bits per heavy atom. The number of hydrogen-bond donors (Lipinski definition) is 3. The molecule has 0 aliphatic heterocycles. The Bertz CT molecular complexity index is 378. The van der Waals surface area contributed by atoms with E-state index in [1.807, 2.05) is 0 Å². The number of rotatable bonds is 4. The molecule has 0 fully saturated rings. The Labute approximate surface area is 97.9 Å². The van der Waals surface area contributed by atoms with Crippen molar-refractivity contribution in [1.82, 2.24) is 5.32 Å². The van der Waals surface area contributed by atoms with E-state index in [0.29, 0.717) is 4.88 Å². The number of carbonyl (C=O) groups is 2. The van der Waals surface area contributed by atoms with Crippen molar-refractivity contribution in [2.45, 2.75) is 6.04 Å². The predicted molar refractivity (Wildman–Crippen MR) is 58.0 cm³/mol. The van der Waals surface area contributed by atoms with Crippen molar-refractivity contribution in [1.29, 1.82) is 0 Å². The van der Waals surface area contributed by atoms with E-state index in [0.717, 1.165) is 3.79 Å². The van der Waals surface area contributed by atoms with Gasteiger partial charge in [-0.15, -0.1) is 11.3 Å². The highest BCUT2D eigenvalue weighted by Crippen LogP contribution is 2.21. The lowest BCUT2D eigenvalue weighted by molar-refractivity contribution is -0.140. The first-order valence-corrected chi connectivity index (χ1v) is 5.55. The summed E-state index contributed by atoms with van der Waals surface area (Å²) in [6.07, 6.45) is 0. The van der Waals surface area contributed by atoms with Crippen LogP contribution in [0.4, 0.5) is 0 Å². The maximum absolute atomic E-state index is 11.4. The van der Waals surface area contributed by atoms with Gasteiger partial charge in [-0.2, -0.15) is 0 Å². The highest BCUT2D eigenvalue weighted by Gasteiger charge is 2.20. The molecule has 0 saturated carbocycles. The first kappa shape index (κ1) is 12.2. The zero-order chi connectivity index (χ0) is 11.4. The number of amides is 1. The molecule has 15 heavy (non-hydrogen) atoms. The van der Waals surface area contributed by atoms with Crippen molar-refractivity contribution < 1.29 is 19.8 Å². The van der Waals surface area contributed by atoms with E-state index in [2.05, 4.69) is 21.2 Å². The van der Waals surface area contributed by atoms with Crippen LogP contribution < -0.4 is 5.32 Å². The molecular weight excluding hydrogens is 286 g/mol. The van der Waals surface area contributed by atoms with Crippen LogP contribution >= 0.6 is 27.3 Å². The minimum absolute atomic E-state index is 0.390. The number of carbonyl (C=O) groups excluding carboxylic acids is 1. The van der Waals surface area contributed by atoms with E-state index < -0.39 is 24.5 Å². The van der Waals surface area contributed by atoms with Gasteiger partial charge in [0.25, 0.3) is 5.91 Å². The number of aliphatic hydroxyl groups excluding tert-OH is 1. The lowest BCUT2D eigenvalue weighted by atomic mass is 10.3. The molecule has 82 valence electrons. The number of carboxylic acid groups (broad SMARTS) is 1. The Hall–Kier alpha value is -0.920. The zero-order valence-corrected chi connectivity index (χ0v) is 9.84. The number of thiophene rings is 1. The molecule has 1 heterocycles. The molecule has 0 spiro atoms. The van der Waals surface area contributed by atoms with E-state index in [1.165, 1.54) is 11.3 Å². The highest BCUT2D eigenvalue weighted by molar-refractivity contribution is 9.11. The molecule has 0 aliphatic carbocycles. The number of halogens is 1. The third-order valence-electron chi connectivity index (χ3n) is 1.58. The van der Waals surface area contributed by atoms with E-state index in [-0.39, 0.29) is 0 Å². The summed E-state index contributed by atoms with van der Waals surface area (Å²) in [5, 5.41) is 19.5. The first-order chi connectivity index (χ1) is 7.04. The molecule has 0 aromatic carbocycles. The van der Waals surface area contributed by atoms with Crippen LogP contribution in [0.2, 0.25) is 0 Å². The van der Waals surface area contributed by atoms with Gasteiger partial charge in [0.15, 0.2) is 6.04 Å². The summed E-state index contributed by atoms with van der Waals surface area (Å²) in [4.78, 5) is 22.3. The standard InChI is InChI=1S/C8H8BrNO4S/c9-6-2-1-5(15-6)7(12)10-4(3-11)8(13)14/h1-2,4,11H,3H2,(H,10,12)(H,13,14)/t4-/m0/s1. The molecule has 1 rings (SSSR count). The second kappa shape index (κ2) is 5.24. The van der Waals surface area contributed by atoms with Crippen molar-refractivity contribution in [3.05, 3.63) is 20.8 Å². The molecule has 3 N–H and O–H groups in total. The molecule has 7 heteroatoms. The molecule has 0 saturated heterocycles. The Kier molecular flexibility index (Phi) is 4.25. The average Bonchev–Trinajstić information content (AvgIpc) is 2.60. The quantitative estimate of drug-likeness (QED) is 0.762. The minimum atomic E-state index is -1.27. The van der Waals surface area contributed by atoms with Crippen molar-refractivity contribution in [2.75, 3.05) is 6.61 Å². The summed E-state index contributed by atoms with van der Waals surface area (Å²) in [5.41, 5.74) is 0. The normalized spacial score (nSPS) is 12.1. The molecule has 1 amide bonds. The largest absolute Gasteiger partial charge is 0.480 e. The van der Waals surface area contributed by atoms with Gasteiger partial charge < -0.3 is 15.5 Å². The Balaban J connectivity index is 2.66. The van der Waals surface area contributed by atoms with Gasteiger partial charge >= 0.3 is 5.97 Å². The fraction of sp³-hybridized carbons (Fsp3) is 0.250. The van der Waals surface area contributed by atoms with Crippen molar-refractivity contribution in [2.24, 2.45) is 0 Å². The predicted octanol–water partition coefficient (Wildman–Crippen LogP) is 0.686. The highest BCUT2D eigenvalue weighted by atomic mass is 79.9. The first-order valence-electron chi connectivity index (χ1n) is 3.94. The second-order valence-electron chi connectivity index (χ2n) is 2.65. The van der Waals surface area contributed by atoms with Crippen molar-refractivity contribution >= 4 is 39.1 Å². The molecule has 1 atom stereocenters. The number of hydrogen-bond acceptors (Lipinski definition) is 4. The maximum Gasteiger partial charge on any atom is 0.328 e. The molecule has 1 aromatic rings. The van der Waals surface area contributed by atoms with Gasteiger partial charge in [-0.1, -0.05) is 0 Å². The van der Waals surface area contributed by atoms with Gasteiger partial charge in [0.05, 0.1) is 15.3 Å². The molecule has 1 aromatic heterocycles. The van der Waals surface area contributed by atoms with Gasteiger partial charge in [0, 0.05) is 0 Å². The summed E-state index contributed by atoms with van der Waals surface area (Å²) < 4.78 is 0.781. The van der Waals surface area contributed by atoms with Gasteiger partial charge in [-0.3, -0.25) is 4.79 Å². The third kappa shape index (κ3) is 3.29. The van der Waals surface area contributed by atoms with Crippen LogP contribution in [0.15, 0.2) is 15.9 Å². The molecule has 0 unspecified atom stereocenters. The topological polar surface area (TPSA) is 86.6 Å². The molecular formula is C8H8BrNO4S. The molecule has 0 bridgehead atoms. The summed E-state index contributed by atoms with van der Waals surface area (Å²) in [6, 6.07) is 1.99. The smallest absolute Gasteiger partial charge is 0.328 e. The number of nitrogens with one attached hydrogen (secondary N) is 1. The fourth-order valence-electron chi connectivity index (χ4n) is 0.851. The molecule has 0 radical (unpaired) electrons. The lowest BCUT2D eigenvalue weighted by Gasteiger charge is -2.09. The number of aliphatic hydroxyl groups is 1. The third-order valence-corrected chi connectivity index (χ3v) is 3.21. The molecule has 0 aliphatic rings. The summed E-state index contributed by atoms with van der Waals surface area (Å²) in [6.45, 7) is -0.631. The van der Waals surface area contributed by atoms with Crippen LogP contribution in [0.1, 0.15) is 9.67 Å². The van der Waals surface area contributed by atoms with Gasteiger partial charge in [0.2, 0.25) is 0 Å². The van der Waals surface area contributed by atoms with Crippen LogP contribution in [0.3, 0.4) is 0 Å². The van der Waals surface area contributed by atoms with Gasteiger partial charge in [-0.05, 0) is 28.1 Å². The molecule has 5 nitrogen and oxygen atoms in total. The van der Waals surface area contributed by atoms with Gasteiger partial charge in [-0.25, -0.2) is 4.79 Å². The van der Waals surface area contributed by atoms with E-state index in [4.69, 9.17) is 10.2 Å². The van der Waals surface area contributed by atoms with E-state index in [9.17, 15) is 9.59 Å². The fourth-order valence-corrected chi connectivity index (χ4v) is 2.14. The van der Waals surface area contributed by atoms with Crippen LogP contribution in [0.25, 0.3) is 0 Å². The van der Waals surface area contributed by atoms with Crippen LogP contribution in [-0.4, -0.2) is 34.7 Å². The Morgan fingerprint density at radius 3 is 2.60 bits per heavy atom. The lowest BCUT2D eigenvalue weighted by Crippen LogP contribution is -2.43. The van der Waals surface area contributed by atoms with Gasteiger partial charge in [0.1, 0.15) is 0 Å². The second-order valence-corrected chi connectivity index (χ2v) is 5.11. The van der Waals surface area contributed by atoms with E-state index in [1.54, 1.807) is 12.1 Å². The summed E-state index contributed by atoms with van der Waals surface area (Å²) >= 11 is 4.38. The SMILES string of the molecule is O=C(N[C@@H](CO)C(=O)O)c1ccc(Br)s1. The Morgan fingerprint density at radius 2 is 2.20 bits per heavy atom. The number of carboxylic acids is 1. The van der Waals surface area contributed by atoms with Crippen LogP contribution in [0.5, 0.6) is 0 Å². The van der Waals surface area contributed by atoms with Crippen molar-refractivity contribution in [3.63, 3.8) is 0 Å². The van der Waals surface area contributed by atoms with Crippen molar-refractivity contribution in [3.8, 4) is 0 Å². The monoisotopic (exact) mass is 293 g/mol.